The highest BCUT2D eigenvalue weighted by Crippen LogP contribution is 2.29. The largest absolute Gasteiger partial charge is 0.496 e. The van der Waals surface area contributed by atoms with Gasteiger partial charge in [-0.25, -0.2) is 9.97 Å². The number of aromatic nitrogens is 4. The van der Waals surface area contributed by atoms with E-state index in [2.05, 4.69) is 15.3 Å². The normalized spacial score (nSPS) is 11.8. The standard InChI is InChI=1S/C27H25N5O3/c1-31-15-13-28-26(31)25(22-10-3-4-11-23(22)34-2)30-27(33)19-8-7-9-21(16-19)35-18-20-17-32-14-6-5-12-24(32)29-20/h3-17,25H,18H2,1-2H3,(H,30,33). The molecular weight excluding hydrogens is 442 g/mol. The number of methoxy groups -OCH3 is 1. The Hall–Kier alpha value is -4.59. The van der Waals surface area contributed by atoms with Crippen molar-refractivity contribution in [2.75, 3.05) is 7.11 Å². The topological polar surface area (TPSA) is 82.7 Å². The summed E-state index contributed by atoms with van der Waals surface area (Å²) >= 11 is 0. The van der Waals surface area contributed by atoms with Crippen LogP contribution in [-0.2, 0) is 13.7 Å². The van der Waals surface area contributed by atoms with E-state index in [4.69, 9.17) is 9.47 Å². The van der Waals surface area contributed by atoms with Gasteiger partial charge in [0.2, 0.25) is 0 Å². The minimum Gasteiger partial charge on any atom is -0.496 e. The van der Waals surface area contributed by atoms with Gasteiger partial charge >= 0.3 is 0 Å². The van der Waals surface area contributed by atoms with Crippen molar-refractivity contribution >= 4 is 11.6 Å². The number of carbonyl (C=O) groups is 1. The zero-order valence-corrected chi connectivity index (χ0v) is 19.5. The Morgan fingerprint density at radius 1 is 1.06 bits per heavy atom. The number of nitrogens with one attached hydrogen (secondary N) is 1. The monoisotopic (exact) mass is 467 g/mol. The van der Waals surface area contributed by atoms with Gasteiger partial charge in [-0.3, -0.25) is 4.79 Å². The fourth-order valence-electron chi connectivity index (χ4n) is 4.00. The lowest BCUT2D eigenvalue weighted by Crippen LogP contribution is -2.31. The second-order valence-electron chi connectivity index (χ2n) is 8.06. The van der Waals surface area contributed by atoms with Crippen LogP contribution in [0, 0.1) is 0 Å². The molecule has 1 atom stereocenters. The van der Waals surface area contributed by atoms with Crippen LogP contribution in [0.15, 0.2) is 91.5 Å². The Bertz CT molecular complexity index is 1440. The van der Waals surface area contributed by atoms with Crippen molar-refractivity contribution < 1.29 is 14.3 Å². The molecule has 0 fully saturated rings. The SMILES string of the molecule is COc1ccccc1C(NC(=O)c1cccc(OCc2cn3ccccc3n2)c1)c1nccn1C. The molecule has 0 spiro atoms. The average Bonchev–Trinajstić information content (AvgIpc) is 3.51. The zero-order valence-electron chi connectivity index (χ0n) is 19.5. The number of para-hydroxylation sites is 1. The maximum atomic E-state index is 13.3. The molecule has 1 unspecified atom stereocenters. The van der Waals surface area contributed by atoms with Gasteiger partial charge in [0.1, 0.15) is 35.6 Å². The van der Waals surface area contributed by atoms with E-state index in [1.54, 1.807) is 31.5 Å². The van der Waals surface area contributed by atoms with Gasteiger partial charge in [0.05, 0.1) is 12.8 Å². The number of ether oxygens (including phenoxy) is 2. The summed E-state index contributed by atoms with van der Waals surface area (Å²) in [5.74, 6) is 1.70. The minimum atomic E-state index is -0.499. The molecule has 8 heteroatoms. The van der Waals surface area contributed by atoms with Gasteiger partial charge in [0.15, 0.2) is 0 Å². The van der Waals surface area contributed by atoms with Crippen molar-refractivity contribution in [2.45, 2.75) is 12.6 Å². The molecule has 1 N–H and O–H groups in total. The first-order chi connectivity index (χ1) is 17.1. The van der Waals surface area contributed by atoms with Crippen molar-refractivity contribution in [3.05, 3.63) is 114 Å². The van der Waals surface area contributed by atoms with Gasteiger partial charge in [-0.15, -0.1) is 0 Å². The number of fused-ring (bicyclic) bond motifs is 1. The van der Waals surface area contributed by atoms with Crippen molar-refractivity contribution in [3.8, 4) is 11.5 Å². The van der Waals surface area contributed by atoms with Gasteiger partial charge in [-0.1, -0.05) is 30.3 Å². The predicted molar refractivity (Wildman–Crippen MR) is 131 cm³/mol. The zero-order chi connectivity index (χ0) is 24.2. The molecule has 35 heavy (non-hydrogen) atoms. The molecule has 0 aliphatic carbocycles. The fraction of sp³-hybridized carbons (Fsp3) is 0.148. The molecule has 2 aromatic carbocycles. The second-order valence-corrected chi connectivity index (χ2v) is 8.06. The molecule has 0 saturated carbocycles. The number of carbonyl (C=O) groups excluding carboxylic acids is 1. The molecule has 176 valence electrons. The van der Waals surface area contributed by atoms with E-state index in [0.29, 0.717) is 29.5 Å². The molecule has 0 radical (unpaired) electrons. The molecular formula is C27H25N5O3. The summed E-state index contributed by atoms with van der Waals surface area (Å²) in [7, 11) is 3.50. The Kier molecular flexibility index (Phi) is 6.17. The molecule has 3 aromatic heterocycles. The molecule has 0 saturated heterocycles. The summed E-state index contributed by atoms with van der Waals surface area (Å²) in [5, 5.41) is 3.11. The number of rotatable bonds is 8. The smallest absolute Gasteiger partial charge is 0.252 e. The summed E-state index contributed by atoms with van der Waals surface area (Å²) in [6, 6.07) is 20.0. The lowest BCUT2D eigenvalue weighted by atomic mass is 10.0. The van der Waals surface area contributed by atoms with Crippen LogP contribution in [0.1, 0.15) is 33.5 Å². The van der Waals surface area contributed by atoms with Crippen molar-refractivity contribution in [3.63, 3.8) is 0 Å². The van der Waals surface area contributed by atoms with Crippen molar-refractivity contribution in [2.24, 2.45) is 7.05 Å². The summed E-state index contributed by atoms with van der Waals surface area (Å²) in [4.78, 5) is 22.3. The van der Waals surface area contributed by atoms with Crippen LogP contribution in [0.4, 0.5) is 0 Å². The van der Waals surface area contributed by atoms with E-state index in [1.807, 2.05) is 83.1 Å². The first-order valence-corrected chi connectivity index (χ1v) is 11.2. The van der Waals surface area contributed by atoms with Gasteiger partial charge in [-0.05, 0) is 36.4 Å². The molecule has 8 nitrogen and oxygen atoms in total. The van der Waals surface area contributed by atoms with E-state index in [-0.39, 0.29) is 5.91 Å². The van der Waals surface area contributed by atoms with Gasteiger partial charge in [0.25, 0.3) is 5.91 Å². The average molecular weight is 468 g/mol. The summed E-state index contributed by atoms with van der Waals surface area (Å²) in [5.41, 5.74) is 2.96. The lowest BCUT2D eigenvalue weighted by molar-refractivity contribution is 0.0940. The van der Waals surface area contributed by atoms with Crippen LogP contribution in [0.3, 0.4) is 0 Å². The van der Waals surface area contributed by atoms with Gasteiger partial charge in [-0.2, -0.15) is 0 Å². The van der Waals surface area contributed by atoms with E-state index < -0.39 is 6.04 Å². The van der Waals surface area contributed by atoms with Crippen molar-refractivity contribution in [1.82, 2.24) is 24.3 Å². The third kappa shape index (κ3) is 4.72. The maximum absolute atomic E-state index is 13.3. The number of nitrogens with zero attached hydrogens (tertiary/aromatic N) is 4. The Balaban J connectivity index is 1.36. The summed E-state index contributed by atoms with van der Waals surface area (Å²) in [6.45, 7) is 0.295. The third-order valence-corrected chi connectivity index (χ3v) is 5.74. The number of amides is 1. The van der Waals surface area contributed by atoms with E-state index in [0.717, 1.165) is 16.9 Å². The highest BCUT2D eigenvalue weighted by atomic mass is 16.5. The number of imidazole rings is 2. The maximum Gasteiger partial charge on any atom is 0.252 e. The lowest BCUT2D eigenvalue weighted by Gasteiger charge is -2.21. The number of hydrogen-bond donors (Lipinski definition) is 1. The minimum absolute atomic E-state index is 0.248. The van der Waals surface area contributed by atoms with E-state index in [1.165, 1.54) is 0 Å². The summed E-state index contributed by atoms with van der Waals surface area (Å²) < 4.78 is 15.3. The highest BCUT2D eigenvalue weighted by molar-refractivity contribution is 5.95. The summed E-state index contributed by atoms with van der Waals surface area (Å²) in [6.07, 6.45) is 7.42. The molecule has 0 aliphatic rings. The predicted octanol–water partition coefficient (Wildman–Crippen LogP) is 4.17. The molecule has 1 amide bonds. The van der Waals surface area contributed by atoms with Crippen LogP contribution < -0.4 is 14.8 Å². The number of benzene rings is 2. The third-order valence-electron chi connectivity index (χ3n) is 5.74. The highest BCUT2D eigenvalue weighted by Gasteiger charge is 2.24. The quantitative estimate of drug-likeness (QED) is 0.370. The van der Waals surface area contributed by atoms with Crippen LogP contribution in [-0.4, -0.2) is 32.0 Å². The molecule has 0 aliphatic heterocycles. The fourth-order valence-corrected chi connectivity index (χ4v) is 4.00. The number of aryl methyl sites for hydroxylation is 1. The Morgan fingerprint density at radius 3 is 2.71 bits per heavy atom. The van der Waals surface area contributed by atoms with Crippen LogP contribution in [0.5, 0.6) is 11.5 Å². The van der Waals surface area contributed by atoms with Crippen LogP contribution >= 0.6 is 0 Å². The van der Waals surface area contributed by atoms with E-state index in [9.17, 15) is 4.79 Å². The second kappa shape index (κ2) is 9.72. The Morgan fingerprint density at radius 2 is 1.91 bits per heavy atom. The number of hydrogen-bond acceptors (Lipinski definition) is 5. The molecule has 0 bridgehead atoms. The van der Waals surface area contributed by atoms with Crippen LogP contribution in [0.2, 0.25) is 0 Å². The number of pyridine rings is 1. The van der Waals surface area contributed by atoms with E-state index >= 15 is 0 Å². The van der Waals surface area contributed by atoms with Gasteiger partial charge in [0, 0.05) is 43.0 Å². The Labute approximate surface area is 202 Å². The van der Waals surface area contributed by atoms with Crippen LogP contribution in [0.25, 0.3) is 5.65 Å². The van der Waals surface area contributed by atoms with Crippen molar-refractivity contribution in [1.29, 1.82) is 0 Å². The van der Waals surface area contributed by atoms with Gasteiger partial charge < -0.3 is 23.8 Å². The first-order valence-electron chi connectivity index (χ1n) is 11.2. The first kappa shape index (κ1) is 22.2. The molecule has 5 rings (SSSR count). The molecule has 3 heterocycles. The molecule has 5 aromatic rings.